The van der Waals surface area contributed by atoms with Crippen molar-refractivity contribution in [1.82, 2.24) is 4.90 Å². The minimum atomic E-state index is -0.286. The fraction of sp³-hybridized carbons (Fsp3) is 0.467. The fourth-order valence-corrected chi connectivity index (χ4v) is 2.62. The van der Waals surface area contributed by atoms with E-state index in [1.807, 2.05) is 37.6 Å². The van der Waals surface area contributed by atoms with Crippen LogP contribution in [0.25, 0.3) is 0 Å². The van der Waals surface area contributed by atoms with Crippen LogP contribution in [0.15, 0.2) is 34.2 Å². The van der Waals surface area contributed by atoms with Crippen molar-refractivity contribution in [2.75, 3.05) is 25.2 Å². The van der Waals surface area contributed by atoms with Gasteiger partial charge in [-0.1, -0.05) is 6.42 Å². The summed E-state index contributed by atoms with van der Waals surface area (Å²) in [5.41, 5.74) is 0.786. The van der Waals surface area contributed by atoms with Crippen LogP contribution >= 0.6 is 11.8 Å². The largest absolute Gasteiger partial charge is 0.363 e. The van der Waals surface area contributed by atoms with E-state index in [0.29, 0.717) is 0 Å². The fourth-order valence-electron chi connectivity index (χ4n) is 2.21. The lowest BCUT2D eigenvalue weighted by Crippen LogP contribution is -2.27. The molecule has 1 heterocycles. The Bertz CT molecular complexity index is 484. The third kappa shape index (κ3) is 4.27. The number of nitrogens with zero attached hydrogens (tertiary/aromatic N) is 2. The van der Waals surface area contributed by atoms with Gasteiger partial charge in [0.15, 0.2) is 0 Å². The number of rotatable bonds is 2. The van der Waals surface area contributed by atoms with Crippen LogP contribution in [0.1, 0.15) is 25.7 Å². The smallest absolute Gasteiger partial charge is 0.347 e. The number of carbonyl (C=O) groups is 1. The third-order valence-corrected chi connectivity index (χ3v) is 4.15. The van der Waals surface area contributed by atoms with Crippen molar-refractivity contribution >= 4 is 29.3 Å². The molecular weight excluding hydrogens is 270 g/mol. The van der Waals surface area contributed by atoms with Gasteiger partial charge in [-0.05, 0) is 43.4 Å². The van der Waals surface area contributed by atoms with Gasteiger partial charge in [0, 0.05) is 30.6 Å². The number of hydrogen-bond acceptors (Lipinski definition) is 2. The minimum absolute atomic E-state index is 0.286. The molecule has 1 fully saturated rings. The molecule has 5 heteroatoms. The highest BCUT2D eigenvalue weighted by Gasteiger charge is 2.12. The lowest BCUT2D eigenvalue weighted by Gasteiger charge is -2.17. The summed E-state index contributed by atoms with van der Waals surface area (Å²) in [5, 5.41) is 2.82. The zero-order chi connectivity index (χ0) is 14.4. The maximum Gasteiger partial charge on any atom is 0.347 e. The number of likely N-dealkylation sites (tertiary alicyclic amines) is 1. The number of nitrogens with one attached hydrogen (secondary N) is 1. The Morgan fingerprint density at radius 2 is 2.00 bits per heavy atom. The van der Waals surface area contributed by atoms with E-state index in [1.165, 1.54) is 17.7 Å². The second-order valence-electron chi connectivity index (χ2n) is 4.92. The normalized spacial score (nSPS) is 17.9. The summed E-state index contributed by atoms with van der Waals surface area (Å²) >= 11 is 1.68. The van der Waals surface area contributed by atoms with E-state index in [0.717, 1.165) is 30.9 Å². The molecule has 108 valence electrons. The highest BCUT2D eigenvalue weighted by Crippen LogP contribution is 2.18. The van der Waals surface area contributed by atoms with Crippen LogP contribution in [0.5, 0.6) is 0 Å². The maximum absolute atomic E-state index is 12.0. The molecule has 0 saturated carbocycles. The van der Waals surface area contributed by atoms with E-state index < -0.39 is 0 Å². The predicted molar refractivity (Wildman–Crippen MR) is 85.8 cm³/mol. The van der Waals surface area contributed by atoms with Crippen LogP contribution in [0.2, 0.25) is 0 Å². The van der Waals surface area contributed by atoms with Gasteiger partial charge in [0.05, 0.1) is 0 Å². The lowest BCUT2D eigenvalue weighted by atomic mass is 10.2. The molecule has 1 aliphatic heterocycles. The topological polar surface area (TPSA) is 44.7 Å². The number of anilines is 1. The standard InChI is InChI=1S/C15H21N3OS/c1-18-11-5-3-4-6-14(18)17-15(19)16-12-7-9-13(20-2)10-8-12/h7-10H,3-6,11H2,1-2H3,(H,16,19). The molecule has 1 N–H and O–H groups in total. The molecule has 0 atom stereocenters. The first-order valence-corrected chi connectivity index (χ1v) is 8.15. The summed E-state index contributed by atoms with van der Waals surface area (Å²) in [6.45, 7) is 0.981. The Labute approximate surface area is 124 Å². The van der Waals surface area contributed by atoms with Gasteiger partial charge < -0.3 is 10.2 Å². The van der Waals surface area contributed by atoms with Crippen LogP contribution in [0, 0.1) is 0 Å². The first kappa shape index (κ1) is 14.9. The molecule has 0 aliphatic carbocycles. The Kier molecular flexibility index (Phi) is 5.47. The monoisotopic (exact) mass is 291 g/mol. The minimum Gasteiger partial charge on any atom is -0.363 e. The Balaban J connectivity index is 1.99. The molecular formula is C15H21N3OS. The number of thioether (sulfide) groups is 1. The van der Waals surface area contributed by atoms with Crippen LogP contribution < -0.4 is 5.32 Å². The first-order chi connectivity index (χ1) is 9.69. The molecule has 1 aromatic rings. The molecule has 0 spiro atoms. The van der Waals surface area contributed by atoms with E-state index in [-0.39, 0.29) is 6.03 Å². The van der Waals surface area contributed by atoms with Crippen molar-refractivity contribution in [1.29, 1.82) is 0 Å². The van der Waals surface area contributed by atoms with E-state index >= 15 is 0 Å². The number of amides is 2. The number of urea groups is 1. The van der Waals surface area contributed by atoms with E-state index in [2.05, 4.69) is 15.2 Å². The number of amidine groups is 1. The van der Waals surface area contributed by atoms with E-state index in [9.17, 15) is 4.79 Å². The quantitative estimate of drug-likeness (QED) is 0.842. The second kappa shape index (κ2) is 7.33. The van der Waals surface area contributed by atoms with Crippen molar-refractivity contribution in [3.63, 3.8) is 0 Å². The number of benzene rings is 1. The number of hydrogen-bond donors (Lipinski definition) is 1. The molecule has 4 nitrogen and oxygen atoms in total. The lowest BCUT2D eigenvalue weighted by molar-refractivity contribution is 0.259. The van der Waals surface area contributed by atoms with Gasteiger partial charge >= 0.3 is 6.03 Å². The molecule has 0 radical (unpaired) electrons. The summed E-state index contributed by atoms with van der Waals surface area (Å²) in [6.07, 6.45) is 6.41. The summed E-state index contributed by atoms with van der Waals surface area (Å²) in [5.74, 6) is 0.890. The average Bonchev–Trinajstić information content (AvgIpc) is 2.65. The zero-order valence-electron chi connectivity index (χ0n) is 12.1. The molecule has 1 aliphatic rings. The van der Waals surface area contributed by atoms with Gasteiger partial charge in [0.1, 0.15) is 5.84 Å². The molecule has 0 unspecified atom stereocenters. The van der Waals surface area contributed by atoms with E-state index in [4.69, 9.17) is 0 Å². The Morgan fingerprint density at radius 3 is 2.70 bits per heavy atom. The highest BCUT2D eigenvalue weighted by atomic mass is 32.2. The van der Waals surface area contributed by atoms with Crippen LogP contribution in [-0.4, -0.2) is 36.6 Å². The van der Waals surface area contributed by atoms with Gasteiger partial charge in [0.2, 0.25) is 0 Å². The molecule has 2 amide bonds. The van der Waals surface area contributed by atoms with Crippen molar-refractivity contribution in [2.24, 2.45) is 4.99 Å². The zero-order valence-corrected chi connectivity index (χ0v) is 12.9. The Morgan fingerprint density at radius 1 is 1.25 bits per heavy atom. The van der Waals surface area contributed by atoms with Gasteiger partial charge in [-0.15, -0.1) is 11.8 Å². The molecule has 0 aromatic heterocycles. The first-order valence-electron chi connectivity index (χ1n) is 6.93. The average molecular weight is 291 g/mol. The van der Waals surface area contributed by atoms with Gasteiger partial charge in [-0.2, -0.15) is 4.99 Å². The van der Waals surface area contributed by atoms with Crippen molar-refractivity contribution in [3.8, 4) is 0 Å². The summed E-state index contributed by atoms with van der Waals surface area (Å²) in [6, 6.07) is 7.50. The van der Waals surface area contributed by atoms with Crippen molar-refractivity contribution < 1.29 is 4.79 Å². The van der Waals surface area contributed by atoms with Gasteiger partial charge in [0.25, 0.3) is 0 Å². The van der Waals surface area contributed by atoms with Crippen LogP contribution in [0.4, 0.5) is 10.5 Å². The number of carbonyl (C=O) groups excluding carboxylic acids is 1. The third-order valence-electron chi connectivity index (χ3n) is 3.41. The predicted octanol–water partition coefficient (Wildman–Crippen LogP) is 3.84. The Hall–Kier alpha value is -1.49. The highest BCUT2D eigenvalue weighted by molar-refractivity contribution is 7.98. The van der Waals surface area contributed by atoms with Gasteiger partial charge in [-0.3, -0.25) is 0 Å². The number of aliphatic imine (C=N–C) groups is 1. The van der Waals surface area contributed by atoms with Crippen LogP contribution in [0.3, 0.4) is 0 Å². The van der Waals surface area contributed by atoms with E-state index in [1.54, 1.807) is 11.8 Å². The van der Waals surface area contributed by atoms with Crippen molar-refractivity contribution in [2.45, 2.75) is 30.6 Å². The van der Waals surface area contributed by atoms with Crippen molar-refractivity contribution in [3.05, 3.63) is 24.3 Å². The SMILES string of the molecule is CSc1ccc(NC(=O)N=C2CCCCCN2C)cc1. The summed E-state index contributed by atoms with van der Waals surface area (Å²) < 4.78 is 0. The molecule has 1 aromatic carbocycles. The summed E-state index contributed by atoms with van der Waals surface area (Å²) in [4.78, 5) is 19.4. The van der Waals surface area contributed by atoms with Crippen LogP contribution in [-0.2, 0) is 0 Å². The molecule has 2 rings (SSSR count). The molecule has 20 heavy (non-hydrogen) atoms. The van der Waals surface area contributed by atoms with Gasteiger partial charge in [-0.25, -0.2) is 4.79 Å². The molecule has 0 bridgehead atoms. The second-order valence-corrected chi connectivity index (χ2v) is 5.80. The maximum atomic E-state index is 12.0. The molecule has 1 saturated heterocycles. The summed E-state index contributed by atoms with van der Waals surface area (Å²) in [7, 11) is 2.00.